The van der Waals surface area contributed by atoms with E-state index in [0.29, 0.717) is 19.1 Å². The lowest BCUT2D eigenvalue weighted by molar-refractivity contribution is 0.0585. The van der Waals surface area contributed by atoms with E-state index in [-0.39, 0.29) is 5.82 Å². The van der Waals surface area contributed by atoms with Gasteiger partial charge in [-0.25, -0.2) is 14.5 Å². The van der Waals surface area contributed by atoms with E-state index >= 15 is 0 Å². The second-order valence-electron chi connectivity index (χ2n) is 3.79. The third-order valence-electron chi connectivity index (χ3n) is 1.82. The highest BCUT2D eigenvalue weighted by atomic mass is 16.5. The van der Waals surface area contributed by atoms with Crippen molar-refractivity contribution < 1.29 is 14.3 Å². The summed E-state index contributed by atoms with van der Waals surface area (Å²) < 4.78 is 11.5. The minimum atomic E-state index is -0.526. The largest absolute Gasteiger partial charge is 0.463 e. The highest BCUT2D eigenvalue weighted by molar-refractivity contribution is 5.84. The van der Waals surface area contributed by atoms with Gasteiger partial charge in [0.2, 0.25) is 0 Å². The SMILES string of the molecule is COC(=O)c1ncn(CCOCC(C)C)n1. The second-order valence-corrected chi connectivity index (χ2v) is 3.79. The van der Waals surface area contributed by atoms with E-state index < -0.39 is 5.97 Å². The smallest absolute Gasteiger partial charge is 0.377 e. The lowest BCUT2D eigenvalue weighted by Gasteiger charge is -2.05. The van der Waals surface area contributed by atoms with E-state index in [2.05, 4.69) is 28.7 Å². The first kappa shape index (κ1) is 12.6. The molecular weight excluding hydrogens is 210 g/mol. The molecule has 1 aromatic rings. The van der Waals surface area contributed by atoms with Gasteiger partial charge in [0.25, 0.3) is 5.82 Å². The molecule has 6 nitrogen and oxygen atoms in total. The maximum absolute atomic E-state index is 11.1. The van der Waals surface area contributed by atoms with Gasteiger partial charge in [-0.3, -0.25) is 0 Å². The normalized spacial score (nSPS) is 10.8. The standard InChI is InChI=1S/C10H17N3O3/c1-8(2)6-16-5-4-13-7-11-9(12-13)10(14)15-3/h7-8H,4-6H2,1-3H3. The predicted molar refractivity (Wildman–Crippen MR) is 57.0 cm³/mol. The molecule has 0 unspecified atom stereocenters. The van der Waals surface area contributed by atoms with Gasteiger partial charge in [0, 0.05) is 6.61 Å². The first-order valence-electron chi connectivity index (χ1n) is 5.19. The Kier molecular flexibility index (Phi) is 4.91. The van der Waals surface area contributed by atoms with Crippen molar-refractivity contribution in [1.82, 2.24) is 14.8 Å². The molecule has 16 heavy (non-hydrogen) atoms. The average Bonchev–Trinajstić information content (AvgIpc) is 2.71. The molecule has 0 radical (unpaired) electrons. The number of ether oxygens (including phenoxy) is 2. The zero-order valence-electron chi connectivity index (χ0n) is 9.84. The Morgan fingerprint density at radius 1 is 1.56 bits per heavy atom. The van der Waals surface area contributed by atoms with Gasteiger partial charge in [-0.05, 0) is 5.92 Å². The summed E-state index contributed by atoms with van der Waals surface area (Å²) in [6, 6.07) is 0. The number of nitrogens with zero attached hydrogens (tertiary/aromatic N) is 3. The van der Waals surface area contributed by atoms with Gasteiger partial charge in [-0.1, -0.05) is 13.8 Å². The average molecular weight is 227 g/mol. The molecule has 6 heteroatoms. The van der Waals surface area contributed by atoms with Gasteiger partial charge in [-0.2, -0.15) is 0 Å². The van der Waals surface area contributed by atoms with Crippen molar-refractivity contribution in [3.05, 3.63) is 12.2 Å². The molecule has 0 amide bonds. The van der Waals surface area contributed by atoms with E-state index in [4.69, 9.17) is 4.74 Å². The minimum absolute atomic E-state index is 0.0753. The monoisotopic (exact) mass is 227 g/mol. The van der Waals surface area contributed by atoms with E-state index in [1.54, 1.807) is 4.68 Å². The zero-order valence-corrected chi connectivity index (χ0v) is 9.84. The molecule has 0 N–H and O–H groups in total. The summed E-state index contributed by atoms with van der Waals surface area (Å²) in [7, 11) is 1.30. The number of aromatic nitrogens is 3. The maximum atomic E-state index is 11.1. The Morgan fingerprint density at radius 3 is 2.94 bits per heavy atom. The maximum Gasteiger partial charge on any atom is 0.377 e. The fourth-order valence-electron chi connectivity index (χ4n) is 1.06. The van der Waals surface area contributed by atoms with Gasteiger partial charge in [0.05, 0.1) is 20.3 Å². The van der Waals surface area contributed by atoms with Gasteiger partial charge in [-0.15, -0.1) is 5.10 Å². The molecule has 0 fully saturated rings. The Balaban J connectivity index is 2.32. The summed E-state index contributed by atoms with van der Waals surface area (Å²) >= 11 is 0. The Morgan fingerprint density at radius 2 is 2.31 bits per heavy atom. The molecule has 1 rings (SSSR count). The van der Waals surface area contributed by atoms with Gasteiger partial charge < -0.3 is 9.47 Å². The quantitative estimate of drug-likeness (QED) is 0.529. The van der Waals surface area contributed by atoms with Crippen molar-refractivity contribution in [2.24, 2.45) is 5.92 Å². The van der Waals surface area contributed by atoms with Crippen LogP contribution in [0.15, 0.2) is 6.33 Å². The van der Waals surface area contributed by atoms with Crippen molar-refractivity contribution in [3.63, 3.8) is 0 Å². The van der Waals surface area contributed by atoms with E-state index in [1.807, 2.05) is 0 Å². The molecule has 0 spiro atoms. The van der Waals surface area contributed by atoms with Crippen LogP contribution < -0.4 is 0 Å². The Labute approximate surface area is 94.6 Å². The first-order valence-corrected chi connectivity index (χ1v) is 5.19. The van der Waals surface area contributed by atoms with E-state index in [1.165, 1.54) is 13.4 Å². The molecule has 1 heterocycles. The number of hydrogen-bond acceptors (Lipinski definition) is 5. The van der Waals surface area contributed by atoms with Crippen LogP contribution >= 0.6 is 0 Å². The molecule has 0 aliphatic heterocycles. The van der Waals surface area contributed by atoms with E-state index in [9.17, 15) is 4.79 Å². The van der Waals surface area contributed by atoms with Gasteiger partial charge in [0.1, 0.15) is 6.33 Å². The van der Waals surface area contributed by atoms with Crippen LogP contribution in [0.25, 0.3) is 0 Å². The number of rotatable bonds is 6. The third-order valence-corrected chi connectivity index (χ3v) is 1.82. The number of methoxy groups -OCH3 is 1. The van der Waals surface area contributed by atoms with Crippen LogP contribution in [0.4, 0.5) is 0 Å². The molecule has 0 aliphatic rings. The minimum Gasteiger partial charge on any atom is -0.463 e. The predicted octanol–water partition coefficient (Wildman–Crippen LogP) is 0.737. The highest BCUT2D eigenvalue weighted by Crippen LogP contribution is 1.95. The van der Waals surface area contributed by atoms with Crippen LogP contribution in [0.3, 0.4) is 0 Å². The molecule has 90 valence electrons. The van der Waals surface area contributed by atoms with Crippen molar-refractivity contribution in [2.45, 2.75) is 20.4 Å². The van der Waals surface area contributed by atoms with Crippen molar-refractivity contribution in [3.8, 4) is 0 Å². The lowest BCUT2D eigenvalue weighted by atomic mass is 10.2. The van der Waals surface area contributed by atoms with Crippen LogP contribution in [0.2, 0.25) is 0 Å². The molecule has 0 aromatic carbocycles. The Bertz CT molecular complexity index is 336. The Hall–Kier alpha value is -1.43. The molecule has 0 saturated heterocycles. The molecule has 0 aliphatic carbocycles. The molecule has 0 bridgehead atoms. The molecular formula is C10H17N3O3. The van der Waals surface area contributed by atoms with Crippen molar-refractivity contribution in [1.29, 1.82) is 0 Å². The lowest BCUT2D eigenvalue weighted by Crippen LogP contribution is -2.11. The van der Waals surface area contributed by atoms with Gasteiger partial charge >= 0.3 is 5.97 Å². The highest BCUT2D eigenvalue weighted by Gasteiger charge is 2.10. The topological polar surface area (TPSA) is 66.2 Å². The van der Waals surface area contributed by atoms with Crippen LogP contribution in [-0.2, 0) is 16.0 Å². The first-order chi connectivity index (χ1) is 7.63. The molecule has 0 atom stereocenters. The number of carbonyl (C=O) groups excluding carboxylic acids is 1. The summed E-state index contributed by atoms with van der Waals surface area (Å²) in [5.41, 5.74) is 0. The number of esters is 1. The van der Waals surface area contributed by atoms with Crippen LogP contribution in [0.1, 0.15) is 24.5 Å². The van der Waals surface area contributed by atoms with Crippen molar-refractivity contribution in [2.75, 3.05) is 20.3 Å². The summed E-state index contributed by atoms with van der Waals surface area (Å²) in [6.45, 7) is 6.03. The molecule has 0 saturated carbocycles. The fraction of sp³-hybridized carbons (Fsp3) is 0.700. The van der Waals surface area contributed by atoms with Crippen molar-refractivity contribution >= 4 is 5.97 Å². The summed E-state index contributed by atoms with van der Waals surface area (Å²) in [4.78, 5) is 14.9. The summed E-state index contributed by atoms with van der Waals surface area (Å²) in [5, 5.41) is 3.95. The number of carbonyl (C=O) groups is 1. The van der Waals surface area contributed by atoms with Crippen LogP contribution in [0, 0.1) is 5.92 Å². The van der Waals surface area contributed by atoms with Gasteiger partial charge in [0.15, 0.2) is 0 Å². The van der Waals surface area contributed by atoms with Crippen LogP contribution in [-0.4, -0.2) is 41.1 Å². The fourth-order valence-corrected chi connectivity index (χ4v) is 1.06. The summed E-state index contributed by atoms with van der Waals surface area (Å²) in [6.07, 6.45) is 1.49. The van der Waals surface area contributed by atoms with Crippen LogP contribution in [0.5, 0.6) is 0 Å². The zero-order chi connectivity index (χ0) is 12.0. The summed E-state index contributed by atoms with van der Waals surface area (Å²) in [5.74, 6) is 0.0644. The molecule has 1 aromatic heterocycles. The third kappa shape index (κ3) is 3.98. The van der Waals surface area contributed by atoms with E-state index in [0.717, 1.165) is 6.61 Å². The second kappa shape index (κ2) is 6.22. The number of hydrogen-bond donors (Lipinski definition) is 0.